The van der Waals surface area contributed by atoms with E-state index in [-0.39, 0.29) is 10.8 Å². The zero-order valence-corrected chi connectivity index (χ0v) is 9.46. The zero-order chi connectivity index (χ0) is 10.9. The van der Waals surface area contributed by atoms with Gasteiger partial charge in [0.25, 0.3) is 0 Å². The number of rotatable bonds is 2. The molecule has 0 aromatic rings. The summed E-state index contributed by atoms with van der Waals surface area (Å²) >= 11 is 0. The summed E-state index contributed by atoms with van der Waals surface area (Å²) in [4.78, 5) is 0. The van der Waals surface area contributed by atoms with Gasteiger partial charge in [-0.15, -0.1) is 0 Å². The van der Waals surface area contributed by atoms with Crippen LogP contribution in [0, 0.1) is 10.8 Å². The highest BCUT2D eigenvalue weighted by atomic mass is 16.7. The van der Waals surface area contributed by atoms with Crippen LogP contribution in [-0.4, -0.2) is 22.8 Å². The lowest BCUT2D eigenvalue weighted by atomic mass is 9.94. The molecule has 2 N–H and O–H groups in total. The van der Waals surface area contributed by atoms with E-state index in [0.717, 1.165) is 0 Å². The fourth-order valence-corrected chi connectivity index (χ4v) is 0.530. The molecule has 2 atom stereocenters. The van der Waals surface area contributed by atoms with Gasteiger partial charge in [0.1, 0.15) is 0 Å². The second-order valence-corrected chi connectivity index (χ2v) is 5.57. The fraction of sp³-hybridized carbons (Fsp3) is 1.00. The highest BCUT2D eigenvalue weighted by Crippen LogP contribution is 2.26. The molecule has 2 unspecified atom stereocenters. The van der Waals surface area contributed by atoms with Crippen LogP contribution in [0.2, 0.25) is 0 Å². The number of ether oxygens (including phenoxy) is 1. The minimum absolute atomic E-state index is 0.369. The molecule has 3 heteroatoms. The smallest absolute Gasteiger partial charge is 0.162 e. The molecule has 0 saturated heterocycles. The lowest BCUT2D eigenvalue weighted by Crippen LogP contribution is -2.38. The summed E-state index contributed by atoms with van der Waals surface area (Å²) in [7, 11) is 0. The summed E-state index contributed by atoms with van der Waals surface area (Å²) in [5, 5.41) is 19.1. The number of aliphatic hydroxyl groups is 2. The average molecular weight is 190 g/mol. The Hall–Kier alpha value is -0.120. The van der Waals surface area contributed by atoms with Crippen LogP contribution >= 0.6 is 0 Å². The summed E-state index contributed by atoms with van der Waals surface area (Å²) in [6, 6.07) is 0. The van der Waals surface area contributed by atoms with Crippen LogP contribution < -0.4 is 0 Å². The van der Waals surface area contributed by atoms with Gasteiger partial charge < -0.3 is 14.9 Å². The van der Waals surface area contributed by atoms with E-state index in [4.69, 9.17) is 4.74 Å². The van der Waals surface area contributed by atoms with Gasteiger partial charge >= 0.3 is 0 Å². The fourth-order valence-electron chi connectivity index (χ4n) is 0.530. The largest absolute Gasteiger partial charge is 0.367 e. The lowest BCUT2D eigenvalue weighted by molar-refractivity contribution is -0.271. The second-order valence-electron chi connectivity index (χ2n) is 5.57. The van der Waals surface area contributed by atoms with Crippen molar-refractivity contribution in [2.45, 2.75) is 54.1 Å². The van der Waals surface area contributed by atoms with Crippen LogP contribution in [0.1, 0.15) is 41.5 Å². The standard InChI is InChI=1S/C10H22O3/c1-9(2,3)7(11)13-8(12)10(4,5)6/h7-8,11-12H,1-6H3. The van der Waals surface area contributed by atoms with Crippen molar-refractivity contribution in [2.24, 2.45) is 10.8 Å². The van der Waals surface area contributed by atoms with Gasteiger partial charge in [0.15, 0.2) is 12.6 Å². The van der Waals surface area contributed by atoms with Gasteiger partial charge in [-0.05, 0) is 0 Å². The van der Waals surface area contributed by atoms with E-state index in [2.05, 4.69) is 0 Å². The second kappa shape index (κ2) is 3.95. The molecule has 0 aromatic carbocycles. The third kappa shape index (κ3) is 4.60. The molecule has 0 aliphatic rings. The van der Waals surface area contributed by atoms with E-state index in [1.165, 1.54) is 0 Å². The monoisotopic (exact) mass is 190 g/mol. The van der Waals surface area contributed by atoms with Gasteiger partial charge in [0, 0.05) is 10.8 Å². The molecule has 0 amide bonds. The predicted molar refractivity (Wildman–Crippen MR) is 52.0 cm³/mol. The quantitative estimate of drug-likeness (QED) is 0.652. The van der Waals surface area contributed by atoms with Gasteiger partial charge in [-0.2, -0.15) is 0 Å². The molecule has 0 rings (SSSR count). The summed E-state index contributed by atoms with van der Waals surface area (Å²) in [5.41, 5.74) is -0.738. The van der Waals surface area contributed by atoms with Crippen LogP contribution in [0.4, 0.5) is 0 Å². The maximum absolute atomic E-state index is 9.54. The molecule has 13 heavy (non-hydrogen) atoms. The molecule has 0 radical (unpaired) electrons. The third-order valence-electron chi connectivity index (χ3n) is 1.74. The van der Waals surface area contributed by atoms with Gasteiger partial charge in [0.2, 0.25) is 0 Å². The Labute approximate surface area is 80.7 Å². The summed E-state index contributed by atoms with van der Waals surface area (Å²) in [5.74, 6) is 0. The first kappa shape index (κ1) is 12.9. The maximum Gasteiger partial charge on any atom is 0.162 e. The average Bonchev–Trinajstić information content (AvgIpc) is 1.82. The van der Waals surface area contributed by atoms with E-state index < -0.39 is 12.6 Å². The zero-order valence-electron chi connectivity index (χ0n) is 9.46. The molecular formula is C10H22O3. The first-order valence-corrected chi connectivity index (χ1v) is 4.57. The van der Waals surface area contributed by atoms with Crippen molar-refractivity contribution in [1.82, 2.24) is 0 Å². The maximum atomic E-state index is 9.54. The van der Waals surface area contributed by atoms with E-state index in [0.29, 0.717) is 0 Å². The summed E-state index contributed by atoms with van der Waals surface area (Å²) < 4.78 is 5.09. The minimum atomic E-state index is -0.943. The Morgan fingerprint density at radius 3 is 1.15 bits per heavy atom. The van der Waals surface area contributed by atoms with Gasteiger partial charge in [-0.1, -0.05) is 41.5 Å². The Balaban J connectivity index is 4.15. The number of hydrogen-bond donors (Lipinski definition) is 2. The first-order chi connectivity index (χ1) is 5.55. The van der Waals surface area contributed by atoms with E-state index in [1.54, 1.807) is 0 Å². The molecule has 0 bridgehead atoms. The van der Waals surface area contributed by atoms with Crippen LogP contribution in [-0.2, 0) is 4.74 Å². The Morgan fingerprint density at radius 2 is 1.00 bits per heavy atom. The molecule has 3 nitrogen and oxygen atoms in total. The topological polar surface area (TPSA) is 49.7 Å². The van der Waals surface area contributed by atoms with Crippen LogP contribution in [0.25, 0.3) is 0 Å². The first-order valence-electron chi connectivity index (χ1n) is 4.57. The van der Waals surface area contributed by atoms with Crippen LogP contribution in [0.3, 0.4) is 0 Å². The molecular weight excluding hydrogens is 168 g/mol. The number of hydrogen-bond acceptors (Lipinski definition) is 3. The van der Waals surface area contributed by atoms with Gasteiger partial charge in [-0.3, -0.25) is 0 Å². The van der Waals surface area contributed by atoms with E-state index in [9.17, 15) is 10.2 Å². The van der Waals surface area contributed by atoms with Crippen molar-refractivity contribution >= 4 is 0 Å². The van der Waals surface area contributed by atoms with Crippen molar-refractivity contribution < 1.29 is 14.9 Å². The van der Waals surface area contributed by atoms with Gasteiger partial charge in [-0.25, -0.2) is 0 Å². The van der Waals surface area contributed by atoms with Crippen molar-refractivity contribution in [2.75, 3.05) is 0 Å². The van der Waals surface area contributed by atoms with E-state index in [1.807, 2.05) is 41.5 Å². The molecule has 0 spiro atoms. The molecule has 0 heterocycles. The SMILES string of the molecule is CC(C)(C)C(O)OC(O)C(C)(C)C. The van der Waals surface area contributed by atoms with Crippen molar-refractivity contribution in [3.05, 3.63) is 0 Å². The molecule has 0 aromatic heterocycles. The minimum Gasteiger partial charge on any atom is -0.367 e. The highest BCUT2D eigenvalue weighted by molar-refractivity contribution is 4.69. The molecule has 0 fully saturated rings. The predicted octanol–water partition coefficient (Wildman–Crippen LogP) is 1.73. The molecule has 80 valence electrons. The van der Waals surface area contributed by atoms with Gasteiger partial charge in [0.05, 0.1) is 0 Å². The third-order valence-corrected chi connectivity index (χ3v) is 1.74. The van der Waals surface area contributed by atoms with Crippen molar-refractivity contribution in [3.8, 4) is 0 Å². The Bertz CT molecular complexity index is 135. The normalized spacial score (nSPS) is 18.5. The van der Waals surface area contributed by atoms with Crippen molar-refractivity contribution in [1.29, 1.82) is 0 Å². The lowest BCUT2D eigenvalue weighted by Gasteiger charge is -2.33. The Kier molecular flexibility index (Phi) is 3.91. The van der Waals surface area contributed by atoms with Crippen molar-refractivity contribution in [3.63, 3.8) is 0 Å². The highest BCUT2D eigenvalue weighted by Gasteiger charge is 2.30. The Morgan fingerprint density at radius 1 is 0.769 bits per heavy atom. The molecule has 0 aliphatic carbocycles. The summed E-state index contributed by atoms with van der Waals surface area (Å²) in [6.07, 6.45) is -1.89. The summed E-state index contributed by atoms with van der Waals surface area (Å²) in [6.45, 7) is 11.1. The molecule has 0 saturated carbocycles. The molecule has 0 aliphatic heterocycles. The van der Waals surface area contributed by atoms with Crippen LogP contribution in [0.5, 0.6) is 0 Å². The number of aliphatic hydroxyl groups excluding tert-OH is 2. The van der Waals surface area contributed by atoms with Crippen LogP contribution in [0.15, 0.2) is 0 Å². The van der Waals surface area contributed by atoms with E-state index >= 15 is 0 Å².